The van der Waals surface area contributed by atoms with Crippen molar-refractivity contribution < 1.29 is 4.79 Å². The molecule has 2 rings (SSSR count). The molecule has 2 N–H and O–H groups in total. The van der Waals surface area contributed by atoms with Crippen molar-refractivity contribution >= 4 is 29.0 Å². The number of thioether (sulfide) groups is 1. The van der Waals surface area contributed by atoms with Crippen LogP contribution in [0.1, 0.15) is 12.5 Å². The predicted octanol–water partition coefficient (Wildman–Crippen LogP) is 2.16. The van der Waals surface area contributed by atoms with Crippen LogP contribution in [0, 0.1) is 5.92 Å². The molecule has 1 aliphatic heterocycles. The van der Waals surface area contributed by atoms with Gasteiger partial charge in [0.1, 0.15) is 0 Å². The number of nitrogen functional groups attached to an aromatic ring is 1. The molecule has 0 aromatic heterocycles. The predicted molar refractivity (Wildman–Crippen MR) is 74.5 cm³/mol. The summed E-state index contributed by atoms with van der Waals surface area (Å²) in [6.45, 7) is 2.78. The van der Waals surface area contributed by atoms with E-state index in [9.17, 15) is 4.79 Å². The summed E-state index contributed by atoms with van der Waals surface area (Å²) in [7, 11) is 0. The number of benzene rings is 1. The molecular weight excluding hydrogens is 232 g/mol. The van der Waals surface area contributed by atoms with Gasteiger partial charge in [-0.05, 0) is 30.4 Å². The molecule has 0 aliphatic carbocycles. The second-order valence-corrected chi connectivity index (χ2v) is 5.40. The molecule has 1 aromatic carbocycles. The Morgan fingerprint density at radius 1 is 1.59 bits per heavy atom. The SMILES string of the molecule is CSCC(C)C(=O)N1CCc2ccc(N)cc21. The number of anilines is 2. The summed E-state index contributed by atoms with van der Waals surface area (Å²) in [5.74, 6) is 1.15. The Bertz CT molecular complexity index is 433. The third kappa shape index (κ3) is 2.41. The molecule has 1 atom stereocenters. The second kappa shape index (κ2) is 5.00. The molecule has 17 heavy (non-hydrogen) atoms. The molecule has 0 bridgehead atoms. The van der Waals surface area contributed by atoms with E-state index in [1.54, 1.807) is 11.8 Å². The maximum Gasteiger partial charge on any atom is 0.230 e. The van der Waals surface area contributed by atoms with Gasteiger partial charge in [0.15, 0.2) is 0 Å². The molecule has 1 aliphatic rings. The highest BCUT2D eigenvalue weighted by atomic mass is 32.2. The van der Waals surface area contributed by atoms with E-state index < -0.39 is 0 Å². The normalized spacial score (nSPS) is 15.8. The molecule has 0 fully saturated rings. The number of fused-ring (bicyclic) bond motifs is 1. The molecule has 3 nitrogen and oxygen atoms in total. The number of nitrogens with two attached hydrogens (primary N) is 1. The third-order valence-corrected chi connectivity index (χ3v) is 3.94. The first-order valence-corrected chi connectivity index (χ1v) is 7.21. The van der Waals surface area contributed by atoms with Gasteiger partial charge >= 0.3 is 0 Å². The van der Waals surface area contributed by atoms with Crippen molar-refractivity contribution in [2.75, 3.05) is 29.2 Å². The molecule has 0 saturated heterocycles. The number of carbonyl (C=O) groups excluding carboxylic acids is 1. The average Bonchev–Trinajstić information content (AvgIpc) is 2.71. The van der Waals surface area contributed by atoms with Gasteiger partial charge in [-0.3, -0.25) is 4.79 Å². The zero-order valence-corrected chi connectivity index (χ0v) is 11.1. The first-order valence-electron chi connectivity index (χ1n) is 5.82. The van der Waals surface area contributed by atoms with Crippen molar-refractivity contribution in [2.24, 2.45) is 5.92 Å². The van der Waals surface area contributed by atoms with E-state index in [4.69, 9.17) is 5.73 Å². The Morgan fingerprint density at radius 3 is 3.06 bits per heavy atom. The topological polar surface area (TPSA) is 46.3 Å². The van der Waals surface area contributed by atoms with Gasteiger partial charge in [0.05, 0.1) is 0 Å². The van der Waals surface area contributed by atoms with Crippen LogP contribution in [-0.2, 0) is 11.2 Å². The van der Waals surface area contributed by atoms with Crippen molar-refractivity contribution in [3.63, 3.8) is 0 Å². The van der Waals surface area contributed by atoms with Crippen LogP contribution >= 0.6 is 11.8 Å². The number of nitrogens with zero attached hydrogens (tertiary/aromatic N) is 1. The van der Waals surface area contributed by atoms with Crippen LogP contribution in [0.4, 0.5) is 11.4 Å². The van der Waals surface area contributed by atoms with Crippen molar-refractivity contribution in [1.29, 1.82) is 0 Å². The molecule has 1 aromatic rings. The third-order valence-electron chi connectivity index (χ3n) is 3.11. The van der Waals surface area contributed by atoms with E-state index >= 15 is 0 Å². The molecule has 0 spiro atoms. The lowest BCUT2D eigenvalue weighted by molar-refractivity contribution is -0.121. The summed E-state index contributed by atoms with van der Waals surface area (Å²) in [6, 6.07) is 5.83. The van der Waals surface area contributed by atoms with Crippen LogP contribution in [-0.4, -0.2) is 24.5 Å². The van der Waals surface area contributed by atoms with E-state index in [1.165, 1.54) is 5.56 Å². The van der Waals surface area contributed by atoms with Crippen molar-refractivity contribution in [3.8, 4) is 0 Å². The minimum absolute atomic E-state index is 0.0670. The van der Waals surface area contributed by atoms with Crippen LogP contribution in [0.15, 0.2) is 18.2 Å². The minimum Gasteiger partial charge on any atom is -0.399 e. The lowest BCUT2D eigenvalue weighted by Gasteiger charge is -2.21. The highest BCUT2D eigenvalue weighted by Gasteiger charge is 2.27. The van der Waals surface area contributed by atoms with Crippen LogP contribution in [0.2, 0.25) is 0 Å². The minimum atomic E-state index is 0.0670. The van der Waals surface area contributed by atoms with E-state index in [0.717, 1.165) is 30.1 Å². The maximum atomic E-state index is 12.3. The van der Waals surface area contributed by atoms with E-state index in [-0.39, 0.29) is 11.8 Å². The summed E-state index contributed by atoms with van der Waals surface area (Å²) >= 11 is 1.71. The lowest BCUT2D eigenvalue weighted by atomic mass is 10.1. The molecule has 1 unspecified atom stereocenters. The number of carbonyl (C=O) groups is 1. The molecule has 0 radical (unpaired) electrons. The maximum absolute atomic E-state index is 12.3. The van der Waals surface area contributed by atoms with E-state index in [0.29, 0.717) is 0 Å². The molecule has 1 amide bonds. The van der Waals surface area contributed by atoms with E-state index in [2.05, 4.69) is 0 Å². The average molecular weight is 250 g/mol. The smallest absolute Gasteiger partial charge is 0.230 e. The standard InChI is InChI=1S/C13H18N2OS/c1-9(8-17-2)13(16)15-6-5-10-3-4-11(14)7-12(10)15/h3-4,7,9H,5-6,8,14H2,1-2H3. The van der Waals surface area contributed by atoms with Gasteiger partial charge in [0.2, 0.25) is 5.91 Å². The Labute approximate surface area is 106 Å². The van der Waals surface area contributed by atoms with Crippen LogP contribution < -0.4 is 10.6 Å². The summed E-state index contributed by atoms with van der Waals surface area (Å²) < 4.78 is 0. The van der Waals surface area contributed by atoms with E-state index in [1.807, 2.05) is 36.3 Å². The second-order valence-electron chi connectivity index (χ2n) is 4.48. The quantitative estimate of drug-likeness (QED) is 0.836. The Balaban J connectivity index is 2.21. The van der Waals surface area contributed by atoms with Crippen molar-refractivity contribution in [1.82, 2.24) is 0 Å². The van der Waals surface area contributed by atoms with Gasteiger partial charge in [-0.25, -0.2) is 0 Å². The monoisotopic (exact) mass is 250 g/mol. The number of rotatable bonds is 3. The zero-order chi connectivity index (χ0) is 12.4. The van der Waals surface area contributed by atoms with Crippen molar-refractivity contribution in [2.45, 2.75) is 13.3 Å². The van der Waals surface area contributed by atoms with Gasteiger partial charge in [-0.15, -0.1) is 0 Å². The Hall–Kier alpha value is -1.16. The van der Waals surface area contributed by atoms with Gasteiger partial charge in [0, 0.05) is 29.6 Å². The van der Waals surface area contributed by atoms with Crippen LogP contribution in [0.5, 0.6) is 0 Å². The van der Waals surface area contributed by atoms with Gasteiger partial charge in [0.25, 0.3) is 0 Å². The van der Waals surface area contributed by atoms with Gasteiger partial charge < -0.3 is 10.6 Å². The summed E-state index contributed by atoms with van der Waals surface area (Å²) in [5, 5.41) is 0. The first-order chi connectivity index (χ1) is 8.13. The summed E-state index contributed by atoms with van der Waals surface area (Å²) in [5.41, 5.74) is 8.74. The largest absolute Gasteiger partial charge is 0.399 e. The molecule has 0 saturated carbocycles. The Kier molecular flexibility index (Phi) is 3.62. The number of hydrogen-bond acceptors (Lipinski definition) is 3. The fraction of sp³-hybridized carbons (Fsp3) is 0.462. The highest BCUT2D eigenvalue weighted by molar-refractivity contribution is 7.98. The lowest BCUT2D eigenvalue weighted by Crippen LogP contribution is -2.34. The molecular formula is C13H18N2OS. The molecule has 92 valence electrons. The molecule has 1 heterocycles. The summed E-state index contributed by atoms with van der Waals surface area (Å²) in [6.07, 6.45) is 2.97. The highest BCUT2D eigenvalue weighted by Crippen LogP contribution is 2.31. The number of amides is 1. The summed E-state index contributed by atoms with van der Waals surface area (Å²) in [4.78, 5) is 14.2. The van der Waals surface area contributed by atoms with Crippen molar-refractivity contribution in [3.05, 3.63) is 23.8 Å². The first kappa shape index (κ1) is 12.3. The fourth-order valence-electron chi connectivity index (χ4n) is 2.21. The van der Waals surface area contributed by atoms with Gasteiger partial charge in [-0.2, -0.15) is 11.8 Å². The zero-order valence-electron chi connectivity index (χ0n) is 10.3. The molecule has 4 heteroatoms. The van der Waals surface area contributed by atoms with Gasteiger partial charge in [-0.1, -0.05) is 13.0 Å². The fourth-order valence-corrected chi connectivity index (χ4v) is 2.86. The van der Waals surface area contributed by atoms with Crippen LogP contribution in [0.25, 0.3) is 0 Å². The Morgan fingerprint density at radius 2 is 2.35 bits per heavy atom. The van der Waals surface area contributed by atoms with Crippen LogP contribution in [0.3, 0.4) is 0 Å². The number of hydrogen-bond donors (Lipinski definition) is 1.